The van der Waals surface area contributed by atoms with Crippen LogP contribution in [-0.4, -0.2) is 42.0 Å². The quantitative estimate of drug-likeness (QED) is 0.545. The third-order valence-electron chi connectivity index (χ3n) is 3.68. The second-order valence-corrected chi connectivity index (χ2v) is 5.56. The van der Waals surface area contributed by atoms with Crippen molar-refractivity contribution < 1.29 is 18.7 Å². The van der Waals surface area contributed by atoms with E-state index >= 15 is 0 Å². The third kappa shape index (κ3) is 3.61. The summed E-state index contributed by atoms with van der Waals surface area (Å²) < 4.78 is 29.1. The summed E-state index contributed by atoms with van der Waals surface area (Å²) in [5.74, 6) is -0.438. The molecule has 0 saturated heterocycles. The standard InChI is InChI=1S/C15H17F2N7O2/c16-13(17)12-10(8-23(22-12)4-1-2-6-25)20-15(26)9-7-19-24-5-3-11(18)21-14(9)24/h3,5,7-8,13,25H,1-2,4,6H2,(H2,18,21)(H,20,26). The van der Waals surface area contributed by atoms with Crippen LogP contribution in [0.5, 0.6) is 0 Å². The highest BCUT2D eigenvalue weighted by atomic mass is 19.3. The summed E-state index contributed by atoms with van der Waals surface area (Å²) >= 11 is 0. The Morgan fingerprint density at radius 1 is 1.38 bits per heavy atom. The molecule has 0 spiro atoms. The number of unbranched alkanes of at least 4 members (excludes halogenated alkanes) is 1. The first-order valence-electron chi connectivity index (χ1n) is 7.87. The van der Waals surface area contributed by atoms with Gasteiger partial charge < -0.3 is 16.2 Å². The lowest BCUT2D eigenvalue weighted by atomic mass is 10.3. The van der Waals surface area contributed by atoms with Gasteiger partial charge in [0.15, 0.2) is 11.3 Å². The van der Waals surface area contributed by atoms with Crippen molar-refractivity contribution in [3.63, 3.8) is 0 Å². The highest BCUT2D eigenvalue weighted by molar-refractivity contribution is 6.08. The maximum Gasteiger partial charge on any atom is 0.284 e. The molecule has 11 heteroatoms. The molecule has 0 saturated carbocycles. The average molecular weight is 365 g/mol. The van der Waals surface area contributed by atoms with Crippen LogP contribution in [0.2, 0.25) is 0 Å². The number of aromatic nitrogens is 5. The number of hydrogen-bond acceptors (Lipinski definition) is 6. The lowest BCUT2D eigenvalue weighted by Crippen LogP contribution is -2.13. The number of anilines is 2. The summed E-state index contributed by atoms with van der Waals surface area (Å²) in [6.07, 6.45) is 2.42. The predicted molar refractivity (Wildman–Crippen MR) is 88.9 cm³/mol. The maximum atomic E-state index is 13.2. The molecular formula is C15H17F2N7O2. The lowest BCUT2D eigenvalue weighted by Gasteiger charge is -2.03. The van der Waals surface area contributed by atoms with Crippen LogP contribution in [0, 0.1) is 0 Å². The Labute approximate surface area is 146 Å². The maximum absolute atomic E-state index is 13.2. The van der Waals surface area contributed by atoms with Gasteiger partial charge in [-0.25, -0.2) is 18.3 Å². The zero-order valence-electron chi connectivity index (χ0n) is 13.6. The van der Waals surface area contributed by atoms with Gasteiger partial charge in [-0.3, -0.25) is 9.48 Å². The zero-order chi connectivity index (χ0) is 18.7. The minimum Gasteiger partial charge on any atom is -0.396 e. The van der Waals surface area contributed by atoms with E-state index in [4.69, 9.17) is 10.8 Å². The van der Waals surface area contributed by atoms with E-state index in [1.54, 1.807) is 0 Å². The number of nitrogen functional groups attached to an aromatic ring is 1. The van der Waals surface area contributed by atoms with E-state index in [0.29, 0.717) is 19.4 Å². The first kappa shape index (κ1) is 17.7. The number of carbonyl (C=O) groups excluding carboxylic acids is 1. The van der Waals surface area contributed by atoms with Gasteiger partial charge in [0.2, 0.25) is 0 Å². The van der Waals surface area contributed by atoms with Crippen molar-refractivity contribution in [2.75, 3.05) is 17.7 Å². The summed E-state index contributed by atoms with van der Waals surface area (Å²) in [6.45, 7) is 0.363. The second-order valence-electron chi connectivity index (χ2n) is 5.56. The van der Waals surface area contributed by atoms with Crippen LogP contribution < -0.4 is 11.1 Å². The van der Waals surface area contributed by atoms with Gasteiger partial charge in [-0.1, -0.05) is 0 Å². The van der Waals surface area contributed by atoms with Crippen LogP contribution in [0.25, 0.3) is 5.65 Å². The molecule has 0 radical (unpaired) electrons. The molecule has 0 unspecified atom stereocenters. The Hall–Kier alpha value is -3.08. The van der Waals surface area contributed by atoms with Gasteiger partial charge in [0.1, 0.15) is 11.4 Å². The number of rotatable bonds is 7. The van der Waals surface area contributed by atoms with Gasteiger partial charge in [-0.15, -0.1) is 0 Å². The minimum absolute atomic E-state index is 0.0113. The highest BCUT2D eigenvalue weighted by Crippen LogP contribution is 2.26. The van der Waals surface area contributed by atoms with E-state index in [0.717, 1.165) is 0 Å². The van der Waals surface area contributed by atoms with Gasteiger partial charge >= 0.3 is 0 Å². The van der Waals surface area contributed by atoms with E-state index in [1.165, 1.54) is 33.9 Å². The fraction of sp³-hybridized carbons (Fsp3) is 0.333. The summed E-state index contributed by atoms with van der Waals surface area (Å²) in [6, 6.07) is 1.52. The van der Waals surface area contributed by atoms with Crippen molar-refractivity contribution in [1.82, 2.24) is 24.4 Å². The van der Waals surface area contributed by atoms with Crippen molar-refractivity contribution in [3.05, 3.63) is 35.9 Å². The van der Waals surface area contributed by atoms with E-state index < -0.39 is 18.0 Å². The lowest BCUT2D eigenvalue weighted by molar-refractivity contribution is 0.102. The van der Waals surface area contributed by atoms with Crippen molar-refractivity contribution in [1.29, 1.82) is 0 Å². The highest BCUT2D eigenvalue weighted by Gasteiger charge is 2.22. The fourth-order valence-electron chi connectivity index (χ4n) is 2.43. The molecular weight excluding hydrogens is 348 g/mol. The molecule has 138 valence electrons. The fourth-order valence-corrected chi connectivity index (χ4v) is 2.43. The molecule has 3 rings (SSSR count). The number of nitrogens with one attached hydrogen (secondary N) is 1. The van der Waals surface area contributed by atoms with Crippen LogP contribution in [-0.2, 0) is 6.54 Å². The number of hydrogen-bond donors (Lipinski definition) is 3. The van der Waals surface area contributed by atoms with Crippen LogP contribution in [0.3, 0.4) is 0 Å². The Bertz CT molecular complexity index is 922. The summed E-state index contributed by atoms with van der Waals surface area (Å²) in [5.41, 5.74) is 5.33. The number of alkyl halides is 2. The molecule has 0 bridgehead atoms. The van der Waals surface area contributed by atoms with Crippen LogP contribution in [0.1, 0.15) is 35.3 Å². The number of aliphatic hydroxyl groups excluding tert-OH is 1. The average Bonchev–Trinajstić information content (AvgIpc) is 3.19. The Balaban J connectivity index is 1.84. The van der Waals surface area contributed by atoms with Crippen molar-refractivity contribution >= 4 is 23.1 Å². The SMILES string of the molecule is Nc1ccn2ncc(C(=O)Nc3cn(CCCCO)nc3C(F)F)c2n1. The molecule has 3 heterocycles. The summed E-state index contributed by atoms with van der Waals surface area (Å²) in [4.78, 5) is 16.5. The topological polar surface area (TPSA) is 123 Å². The number of fused-ring (bicyclic) bond motifs is 1. The largest absolute Gasteiger partial charge is 0.396 e. The van der Waals surface area contributed by atoms with Gasteiger partial charge in [0.05, 0.1) is 11.9 Å². The molecule has 3 aromatic heterocycles. The number of amides is 1. The van der Waals surface area contributed by atoms with Crippen molar-refractivity contribution in [2.45, 2.75) is 25.8 Å². The molecule has 3 aromatic rings. The molecule has 0 atom stereocenters. The number of aliphatic hydroxyl groups is 1. The molecule has 0 aliphatic heterocycles. The predicted octanol–water partition coefficient (Wildman–Crippen LogP) is 1.47. The molecule has 4 N–H and O–H groups in total. The van der Waals surface area contributed by atoms with E-state index in [1.807, 2.05) is 0 Å². The number of halogens is 2. The van der Waals surface area contributed by atoms with Crippen LogP contribution in [0.4, 0.5) is 20.3 Å². The third-order valence-corrected chi connectivity index (χ3v) is 3.68. The Morgan fingerprint density at radius 2 is 2.19 bits per heavy atom. The number of nitrogens with zero attached hydrogens (tertiary/aromatic N) is 5. The summed E-state index contributed by atoms with van der Waals surface area (Å²) in [5, 5.41) is 19.0. The zero-order valence-corrected chi connectivity index (χ0v) is 13.6. The molecule has 1 amide bonds. The van der Waals surface area contributed by atoms with Gasteiger partial charge in [-0.05, 0) is 18.9 Å². The van der Waals surface area contributed by atoms with E-state index in [2.05, 4.69) is 20.5 Å². The van der Waals surface area contributed by atoms with E-state index in [9.17, 15) is 13.6 Å². The molecule has 0 aliphatic carbocycles. The number of aryl methyl sites for hydroxylation is 1. The smallest absolute Gasteiger partial charge is 0.284 e. The molecule has 0 aliphatic rings. The van der Waals surface area contributed by atoms with Gasteiger partial charge in [0, 0.05) is 25.5 Å². The minimum atomic E-state index is -2.85. The van der Waals surface area contributed by atoms with Gasteiger partial charge in [0.25, 0.3) is 12.3 Å². The first-order valence-corrected chi connectivity index (χ1v) is 7.87. The van der Waals surface area contributed by atoms with Crippen molar-refractivity contribution in [3.8, 4) is 0 Å². The number of nitrogens with two attached hydrogens (primary N) is 1. The normalized spacial score (nSPS) is 11.4. The first-order chi connectivity index (χ1) is 12.5. The molecule has 9 nitrogen and oxygen atoms in total. The van der Waals surface area contributed by atoms with Crippen LogP contribution >= 0.6 is 0 Å². The second kappa shape index (κ2) is 7.44. The summed E-state index contributed by atoms with van der Waals surface area (Å²) in [7, 11) is 0. The molecule has 0 aromatic carbocycles. The van der Waals surface area contributed by atoms with Gasteiger partial charge in [-0.2, -0.15) is 10.2 Å². The Kier molecular flexibility index (Phi) is 5.07. The monoisotopic (exact) mass is 365 g/mol. The van der Waals surface area contributed by atoms with Crippen LogP contribution in [0.15, 0.2) is 24.7 Å². The molecule has 26 heavy (non-hydrogen) atoms. The Morgan fingerprint density at radius 3 is 2.92 bits per heavy atom. The number of carbonyl (C=O) groups is 1. The molecule has 0 fully saturated rings. The van der Waals surface area contributed by atoms with E-state index in [-0.39, 0.29) is 29.3 Å². The van der Waals surface area contributed by atoms with Crippen molar-refractivity contribution in [2.24, 2.45) is 0 Å².